The van der Waals surface area contributed by atoms with Crippen LogP contribution in [0.3, 0.4) is 0 Å². The highest BCUT2D eigenvalue weighted by atomic mass is 16.5. The van der Waals surface area contributed by atoms with Crippen LogP contribution in [-0.2, 0) is 26.3 Å². The Morgan fingerprint density at radius 2 is 1.89 bits per heavy atom. The van der Waals surface area contributed by atoms with Crippen molar-refractivity contribution < 1.29 is 19.4 Å². The van der Waals surface area contributed by atoms with Crippen LogP contribution in [0.5, 0.6) is 0 Å². The van der Waals surface area contributed by atoms with Gasteiger partial charge in [0.25, 0.3) is 0 Å². The van der Waals surface area contributed by atoms with Gasteiger partial charge < -0.3 is 14.6 Å². The molecule has 0 aromatic heterocycles. The summed E-state index contributed by atoms with van der Waals surface area (Å²) in [5.74, 6) is -0.904. The lowest BCUT2D eigenvalue weighted by Gasteiger charge is -2.48. The van der Waals surface area contributed by atoms with Crippen LogP contribution >= 0.6 is 0 Å². The van der Waals surface area contributed by atoms with Crippen molar-refractivity contribution in [1.29, 1.82) is 0 Å². The predicted octanol–water partition coefficient (Wildman–Crippen LogP) is 4.16. The number of aliphatic carboxylic acids is 1. The third kappa shape index (κ3) is 2.55. The zero-order valence-electron chi connectivity index (χ0n) is 16.0. The van der Waals surface area contributed by atoms with E-state index in [1.54, 1.807) is 0 Å². The van der Waals surface area contributed by atoms with Gasteiger partial charge in [-0.1, -0.05) is 54.6 Å². The minimum absolute atomic E-state index is 0.146. The van der Waals surface area contributed by atoms with Gasteiger partial charge in [-0.05, 0) is 48.8 Å². The Hall–Kier alpha value is -2.17. The van der Waals surface area contributed by atoms with E-state index in [-0.39, 0.29) is 23.0 Å². The van der Waals surface area contributed by atoms with E-state index in [0.717, 1.165) is 25.9 Å². The van der Waals surface area contributed by atoms with Crippen LogP contribution in [0.25, 0.3) is 0 Å². The molecule has 0 amide bonds. The molecular formula is C24H26O4. The molecule has 28 heavy (non-hydrogen) atoms. The zero-order chi connectivity index (χ0) is 19.2. The molecule has 4 heteroatoms. The largest absolute Gasteiger partial charge is 0.480 e. The quantitative estimate of drug-likeness (QED) is 0.701. The average molecular weight is 378 g/mol. The molecular weight excluding hydrogens is 352 g/mol. The summed E-state index contributed by atoms with van der Waals surface area (Å²) in [6, 6.07) is 19.5. The highest BCUT2D eigenvalue weighted by Crippen LogP contribution is 2.86. The summed E-state index contributed by atoms with van der Waals surface area (Å²) in [6.45, 7) is 1.06. The molecule has 3 aliphatic rings. The normalized spacial score (nSPS) is 32.3. The van der Waals surface area contributed by atoms with Gasteiger partial charge in [0.05, 0.1) is 12.2 Å². The smallest absolute Gasteiger partial charge is 0.329 e. The number of hydrogen-bond donors (Lipinski definition) is 1. The zero-order valence-corrected chi connectivity index (χ0v) is 16.0. The van der Waals surface area contributed by atoms with E-state index in [4.69, 9.17) is 14.6 Å². The highest BCUT2D eigenvalue weighted by molar-refractivity contribution is 5.68. The molecule has 0 bridgehead atoms. The lowest BCUT2D eigenvalue weighted by Crippen LogP contribution is -2.46. The van der Waals surface area contributed by atoms with Crippen LogP contribution < -0.4 is 0 Å². The van der Waals surface area contributed by atoms with Gasteiger partial charge in [0.2, 0.25) is 0 Å². The fraction of sp³-hybridized carbons (Fsp3) is 0.458. The summed E-state index contributed by atoms with van der Waals surface area (Å²) in [5, 5.41) is 8.76. The molecule has 3 fully saturated rings. The van der Waals surface area contributed by atoms with Crippen molar-refractivity contribution >= 4 is 5.97 Å². The molecule has 3 unspecified atom stereocenters. The molecule has 4 nitrogen and oxygen atoms in total. The van der Waals surface area contributed by atoms with E-state index in [2.05, 4.69) is 54.6 Å². The molecule has 5 rings (SSSR count). The van der Waals surface area contributed by atoms with Gasteiger partial charge in [-0.25, -0.2) is 4.79 Å². The van der Waals surface area contributed by atoms with E-state index < -0.39 is 5.97 Å². The third-order valence-electron chi connectivity index (χ3n) is 7.40. The third-order valence-corrected chi connectivity index (χ3v) is 7.40. The van der Waals surface area contributed by atoms with Crippen LogP contribution in [0.15, 0.2) is 54.6 Å². The van der Waals surface area contributed by atoms with Crippen molar-refractivity contribution in [3.05, 3.63) is 71.3 Å². The first-order valence-corrected chi connectivity index (χ1v) is 10.2. The number of ether oxygens (including phenoxy) is 2. The summed E-state index contributed by atoms with van der Waals surface area (Å²) in [7, 11) is 0. The number of carboxylic acids is 1. The van der Waals surface area contributed by atoms with Crippen molar-refractivity contribution in [3.63, 3.8) is 0 Å². The molecule has 1 aliphatic heterocycles. The van der Waals surface area contributed by atoms with E-state index in [1.807, 2.05) is 0 Å². The molecule has 2 saturated carbocycles. The van der Waals surface area contributed by atoms with Gasteiger partial charge in [0.1, 0.15) is 6.61 Å². The van der Waals surface area contributed by atoms with Crippen LogP contribution in [0.1, 0.15) is 42.4 Å². The SMILES string of the molecule is O=C(O)COCCC12COC3(c4cccc(Cc5ccccc5)c4)CCC13C2. The Bertz CT molecular complexity index is 890. The molecule has 2 aliphatic carbocycles. The maximum Gasteiger partial charge on any atom is 0.329 e. The van der Waals surface area contributed by atoms with Gasteiger partial charge >= 0.3 is 5.97 Å². The topological polar surface area (TPSA) is 55.8 Å². The molecule has 1 N–H and O–H groups in total. The molecule has 1 heterocycles. The maximum absolute atomic E-state index is 10.7. The van der Waals surface area contributed by atoms with Crippen LogP contribution in [-0.4, -0.2) is 30.9 Å². The van der Waals surface area contributed by atoms with Crippen LogP contribution in [0.2, 0.25) is 0 Å². The second-order valence-corrected chi connectivity index (χ2v) is 8.71. The number of carbonyl (C=O) groups is 1. The lowest BCUT2D eigenvalue weighted by atomic mass is 9.60. The Morgan fingerprint density at radius 1 is 1.07 bits per heavy atom. The standard InChI is InChI=1S/C24H26O4/c25-21(26)15-27-12-11-22-16-23(22)9-10-24(23,28-17-22)20-8-4-7-19(14-20)13-18-5-2-1-3-6-18/h1-8,14H,9-13,15-17H2,(H,25,26). The molecule has 146 valence electrons. The second-order valence-electron chi connectivity index (χ2n) is 8.71. The Balaban J connectivity index is 1.32. The fourth-order valence-corrected chi connectivity index (χ4v) is 5.87. The summed E-state index contributed by atoms with van der Waals surface area (Å²) in [4.78, 5) is 10.7. The average Bonchev–Trinajstić information content (AvgIpc) is 3.33. The Kier molecular flexibility index (Phi) is 4.11. The second kappa shape index (κ2) is 6.43. The van der Waals surface area contributed by atoms with Crippen molar-refractivity contribution in [3.8, 4) is 0 Å². The first-order chi connectivity index (χ1) is 13.6. The van der Waals surface area contributed by atoms with Crippen molar-refractivity contribution in [2.45, 2.75) is 37.7 Å². The highest BCUT2D eigenvalue weighted by Gasteiger charge is 2.84. The van der Waals surface area contributed by atoms with Gasteiger partial charge in [-0.2, -0.15) is 0 Å². The summed E-state index contributed by atoms with van der Waals surface area (Å²) >= 11 is 0. The fourth-order valence-electron chi connectivity index (χ4n) is 5.87. The molecule has 1 saturated heterocycles. The molecule has 1 spiro atoms. The van der Waals surface area contributed by atoms with Crippen molar-refractivity contribution in [2.75, 3.05) is 19.8 Å². The summed E-state index contributed by atoms with van der Waals surface area (Å²) in [6.07, 6.45) is 5.30. The molecule has 2 aromatic carbocycles. The van der Waals surface area contributed by atoms with Crippen LogP contribution in [0.4, 0.5) is 0 Å². The van der Waals surface area contributed by atoms with Gasteiger partial charge in [0.15, 0.2) is 0 Å². The molecule has 0 radical (unpaired) electrons. The van der Waals surface area contributed by atoms with E-state index >= 15 is 0 Å². The number of carboxylic acid groups (broad SMARTS) is 1. The van der Waals surface area contributed by atoms with Crippen LogP contribution in [0, 0.1) is 10.8 Å². The van der Waals surface area contributed by atoms with Gasteiger partial charge in [0, 0.05) is 17.4 Å². The lowest BCUT2D eigenvalue weighted by molar-refractivity contribution is -0.142. The van der Waals surface area contributed by atoms with E-state index in [1.165, 1.54) is 29.5 Å². The number of hydrogen-bond acceptors (Lipinski definition) is 3. The Morgan fingerprint density at radius 3 is 2.64 bits per heavy atom. The summed E-state index contributed by atoms with van der Waals surface area (Å²) in [5.41, 5.74) is 4.23. The van der Waals surface area contributed by atoms with Gasteiger partial charge in [-0.15, -0.1) is 0 Å². The number of benzene rings is 2. The first kappa shape index (κ1) is 17.9. The number of rotatable bonds is 8. The molecule has 2 aromatic rings. The minimum Gasteiger partial charge on any atom is -0.480 e. The Labute approximate surface area is 165 Å². The maximum atomic E-state index is 10.7. The van der Waals surface area contributed by atoms with Crippen molar-refractivity contribution in [1.82, 2.24) is 0 Å². The van der Waals surface area contributed by atoms with Crippen molar-refractivity contribution in [2.24, 2.45) is 10.8 Å². The van der Waals surface area contributed by atoms with E-state index in [0.29, 0.717) is 6.61 Å². The van der Waals surface area contributed by atoms with Gasteiger partial charge in [-0.3, -0.25) is 0 Å². The monoisotopic (exact) mass is 378 g/mol. The predicted molar refractivity (Wildman–Crippen MR) is 105 cm³/mol. The minimum atomic E-state index is -0.904. The van der Waals surface area contributed by atoms with E-state index in [9.17, 15) is 4.79 Å². The first-order valence-electron chi connectivity index (χ1n) is 10.2. The molecule has 3 atom stereocenters. The summed E-state index contributed by atoms with van der Waals surface area (Å²) < 4.78 is 11.8.